The normalized spacial score (nSPS) is 23.7. The van der Waals surface area contributed by atoms with Gasteiger partial charge in [0.25, 0.3) is 0 Å². The van der Waals surface area contributed by atoms with Gasteiger partial charge in [-0.1, -0.05) is 12.1 Å². The summed E-state index contributed by atoms with van der Waals surface area (Å²) in [6.45, 7) is 3.92. The van der Waals surface area contributed by atoms with E-state index in [1.165, 1.54) is 0 Å². The molecular formula is C18H20N2O3. The molecule has 1 aromatic rings. The van der Waals surface area contributed by atoms with E-state index < -0.39 is 5.92 Å². The molecular weight excluding hydrogens is 292 g/mol. The summed E-state index contributed by atoms with van der Waals surface area (Å²) >= 11 is 0. The van der Waals surface area contributed by atoms with Crippen LogP contribution in [-0.2, 0) is 14.3 Å². The van der Waals surface area contributed by atoms with Crippen LogP contribution in [0, 0.1) is 5.92 Å². The lowest BCUT2D eigenvalue weighted by Gasteiger charge is -2.37. The quantitative estimate of drug-likeness (QED) is 0.868. The zero-order valence-electron chi connectivity index (χ0n) is 13.3. The third-order valence-electron chi connectivity index (χ3n) is 4.32. The van der Waals surface area contributed by atoms with Crippen molar-refractivity contribution in [2.45, 2.75) is 32.6 Å². The van der Waals surface area contributed by atoms with Crippen molar-refractivity contribution in [1.82, 2.24) is 10.3 Å². The van der Waals surface area contributed by atoms with Gasteiger partial charge in [0.2, 0.25) is 0 Å². The molecule has 0 bridgehead atoms. The highest BCUT2D eigenvalue weighted by Crippen LogP contribution is 2.43. The number of fused-ring (bicyclic) bond motifs is 1. The predicted octanol–water partition coefficient (Wildman–Crippen LogP) is 2.47. The number of esters is 1. The summed E-state index contributed by atoms with van der Waals surface area (Å²) in [5, 5.41) is 3.23. The van der Waals surface area contributed by atoms with Crippen LogP contribution in [0.5, 0.6) is 0 Å². The van der Waals surface area contributed by atoms with Crippen LogP contribution in [0.3, 0.4) is 0 Å². The zero-order chi connectivity index (χ0) is 16.4. The average molecular weight is 312 g/mol. The van der Waals surface area contributed by atoms with E-state index in [1.54, 1.807) is 13.1 Å². The Balaban J connectivity index is 2.14. The highest BCUT2D eigenvalue weighted by molar-refractivity contribution is 5.95. The number of allylic oxidation sites excluding steroid dienone is 3. The van der Waals surface area contributed by atoms with E-state index in [-0.39, 0.29) is 17.7 Å². The third-order valence-corrected chi connectivity index (χ3v) is 4.32. The molecule has 2 atom stereocenters. The van der Waals surface area contributed by atoms with Crippen LogP contribution in [0.15, 0.2) is 47.4 Å². The molecule has 0 amide bonds. The number of hydrogen-bond acceptors (Lipinski definition) is 5. The summed E-state index contributed by atoms with van der Waals surface area (Å²) in [5.74, 6) is -1.03. The first kappa shape index (κ1) is 15.5. The Morgan fingerprint density at radius 1 is 1.39 bits per heavy atom. The van der Waals surface area contributed by atoms with Gasteiger partial charge in [0.1, 0.15) is 5.78 Å². The van der Waals surface area contributed by atoms with Crippen LogP contribution in [-0.4, -0.2) is 23.3 Å². The second-order valence-electron chi connectivity index (χ2n) is 5.76. The van der Waals surface area contributed by atoms with Crippen molar-refractivity contribution >= 4 is 11.8 Å². The molecule has 120 valence electrons. The van der Waals surface area contributed by atoms with Crippen molar-refractivity contribution in [3.63, 3.8) is 0 Å². The van der Waals surface area contributed by atoms with Crippen molar-refractivity contribution < 1.29 is 14.3 Å². The van der Waals surface area contributed by atoms with E-state index in [4.69, 9.17) is 4.74 Å². The molecule has 5 heteroatoms. The minimum absolute atomic E-state index is 0.139. The molecule has 0 spiro atoms. The number of nitrogens with zero attached hydrogens (tertiary/aromatic N) is 1. The van der Waals surface area contributed by atoms with Crippen LogP contribution in [0.2, 0.25) is 0 Å². The summed E-state index contributed by atoms with van der Waals surface area (Å²) in [7, 11) is 0. The minimum Gasteiger partial charge on any atom is -0.463 e. The first-order valence-electron chi connectivity index (χ1n) is 7.92. The molecule has 0 radical (unpaired) electrons. The fraction of sp³-hybridized carbons (Fsp3) is 0.389. The van der Waals surface area contributed by atoms with E-state index in [1.807, 2.05) is 31.2 Å². The van der Waals surface area contributed by atoms with Gasteiger partial charge >= 0.3 is 5.97 Å². The topological polar surface area (TPSA) is 68.3 Å². The Morgan fingerprint density at radius 3 is 2.91 bits per heavy atom. The Bertz CT molecular complexity index is 691. The van der Waals surface area contributed by atoms with Crippen LogP contribution in [0.1, 0.15) is 38.3 Å². The van der Waals surface area contributed by atoms with Crippen molar-refractivity contribution in [1.29, 1.82) is 0 Å². The largest absolute Gasteiger partial charge is 0.463 e. The summed E-state index contributed by atoms with van der Waals surface area (Å²) in [4.78, 5) is 29.5. The number of rotatable bonds is 3. The van der Waals surface area contributed by atoms with Gasteiger partial charge in [-0.25, -0.2) is 4.79 Å². The van der Waals surface area contributed by atoms with Gasteiger partial charge < -0.3 is 10.1 Å². The fourth-order valence-corrected chi connectivity index (χ4v) is 3.37. The summed E-state index contributed by atoms with van der Waals surface area (Å²) in [6.07, 6.45) is 4.96. The molecule has 5 nitrogen and oxygen atoms in total. The van der Waals surface area contributed by atoms with Gasteiger partial charge in [-0.15, -0.1) is 0 Å². The Morgan fingerprint density at radius 2 is 2.22 bits per heavy atom. The number of pyridine rings is 1. The Kier molecular flexibility index (Phi) is 4.28. The molecule has 2 unspecified atom stereocenters. The maximum absolute atomic E-state index is 12.6. The summed E-state index contributed by atoms with van der Waals surface area (Å²) in [5.41, 5.74) is 2.84. The van der Waals surface area contributed by atoms with Gasteiger partial charge in [-0.05, 0) is 32.4 Å². The van der Waals surface area contributed by atoms with Crippen LogP contribution < -0.4 is 5.32 Å². The maximum atomic E-state index is 12.6. The van der Waals surface area contributed by atoms with Crippen molar-refractivity contribution in [2.24, 2.45) is 5.92 Å². The van der Waals surface area contributed by atoms with Crippen molar-refractivity contribution in [3.8, 4) is 0 Å². The van der Waals surface area contributed by atoms with Gasteiger partial charge in [0.15, 0.2) is 0 Å². The third kappa shape index (κ3) is 2.79. The lowest BCUT2D eigenvalue weighted by atomic mass is 9.72. The molecule has 1 aliphatic carbocycles. The van der Waals surface area contributed by atoms with Crippen LogP contribution in [0.25, 0.3) is 0 Å². The maximum Gasteiger partial charge on any atom is 0.336 e. The summed E-state index contributed by atoms with van der Waals surface area (Å²) < 4.78 is 5.22. The number of ether oxygens (including phenoxy) is 1. The van der Waals surface area contributed by atoms with Crippen molar-refractivity contribution in [2.75, 3.05) is 6.61 Å². The summed E-state index contributed by atoms with van der Waals surface area (Å²) in [6, 6.07) is 5.56. The highest BCUT2D eigenvalue weighted by atomic mass is 16.5. The molecule has 1 aromatic heterocycles. The second-order valence-corrected chi connectivity index (χ2v) is 5.76. The molecule has 0 aromatic carbocycles. The van der Waals surface area contributed by atoms with E-state index in [0.717, 1.165) is 23.5 Å². The van der Waals surface area contributed by atoms with E-state index in [0.29, 0.717) is 18.6 Å². The molecule has 0 saturated heterocycles. The molecule has 2 heterocycles. The number of hydrogen-bond donors (Lipinski definition) is 1. The highest BCUT2D eigenvalue weighted by Gasteiger charge is 2.43. The lowest BCUT2D eigenvalue weighted by molar-refractivity contribution is -0.139. The van der Waals surface area contributed by atoms with E-state index in [2.05, 4.69) is 10.3 Å². The molecule has 3 rings (SSSR count). The minimum atomic E-state index is -0.393. The first-order chi connectivity index (χ1) is 11.1. The van der Waals surface area contributed by atoms with E-state index in [9.17, 15) is 9.59 Å². The standard InChI is InChI=1S/C18H20N2O3/c1-3-23-18(22)15-11(2)20-13-8-6-9-14(21)16(13)17(15)12-7-4-5-10-19-12/h4-5,7-8,10,16-17,20H,3,6,9H2,1-2H3. The van der Waals surface area contributed by atoms with E-state index >= 15 is 0 Å². The molecule has 0 fully saturated rings. The van der Waals surface area contributed by atoms with Crippen LogP contribution >= 0.6 is 0 Å². The van der Waals surface area contributed by atoms with Crippen molar-refractivity contribution in [3.05, 3.63) is 53.1 Å². The smallest absolute Gasteiger partial charge is 0.336 e. The molecule has 1 N–H and O–H groups in total. The average Bonchev–Trinajstić information content (AvgIpc) is 2.54. The van der Waals surface area contributed by atoms with Gasteiger partial charge in [-0.3, -0.25) is 9.78 Å². The second kappa shape index (κ2) is 6.36. The Labute approximate surface area is 135 Å². The molecule has 2 aliphatic rings. The SMILES string of the molecule is CCOC(=O)C1=C(C)NC2=CCCC(=O)C2C1c1ccccn1. The monoisotopic (exact) mass is 312 g/mol. The number of ketones is 1. The lowest BCUT2D eigenvalue weighted by Crippen LogP contribution is -2.41. The molecule has 23 heavy (non-hydrogen) atoms. The number of carbonyl (C=O) groups excluding carboxylic acids is 2. The fourth-order valence-electron chi connectivity index (χ4n) is 3.37. The number of aromatic nitrogens is 1. The van der Waals surface area contributed by atoms with Gasteiger partial charge in [0, 0.05) is 29.7 Å². The van der Waals surface area contributed by atoms with Gasteiger partial charge in [-0.2, -0.15) is 0 Å². The Hall–Kier alpha value is -2.43. The predicted molar refractivity (Wildman–Crippen MR) is 85.3 cm³/mol. The number of carbonyl (C=O) groups is 2. The molecule has 1 aliphatic heterocycles. The number of Topliss-reactive ketones (excluding diaryl/α,β-unsaturated/α-hetero) is 1. The first-order valence-corrected chi connectivity index (χ1v) is 7.92. The zero-order valence-corrected chi connectivity index (χ0v) is 13.3. The van der Waals surface area contributed by atoms with Crippen LogP contribution in [0.4, 0.5) is 0 Å². The number of nitrogens with one attached hydrogen (secondary N) is 1. The molecule has 0 saturated carbocycles. The van der Waals surface area contributed by atoms with Gasteiger partial charge in [0.05, 0.1) is 24.0 Å².